The lowest BCUT2D eigenvalue weighted by Crippen LogP contribution is -2.29. The fraction of sp³-hybridized carbons (Fsp3) is 0.200. The summed E-state index contributed by atoms with van der Waals surface area (Å²) in [7, 11) is 4.29. The maximum Gasteiger partial charge on any atom is 0.300 e. The first kappa shape index (κ1) is 24.9. The largest absolute Gasteiger partial charge is 0.507 e. The predicted octanol–water partition coefficient (Wildman–Crippen LogP) is 6.02. The summed E-state index contributed by atoms with van der Waals surface area (Å²) in [6.07, 6.45) is 0. The molecule has 1 aromatic heterocycles. The van der Waals surface area contributed by atoms with Gasteiger partial charge in [0, 0.05) is 10.6 Å². The summed E-state index contributed by atoms with van der Waals surface area (Å²) in [5, 5.41) is 13.5. The number of anilines is 1. The Kier molecular flexibility index (Phi) is 6.98. The number of amides is 1. The molecule has 2 heterocycles. The van der Waals surface area contributed by atoms with Gasteiger partial charge in [-0.3, -0.25) is 14.5 Å². The van der Waals surface area contributed by atoms with Crippen LogP contribution in [0.2, 0.25) is 10.0 Å². The molecule has 0 spiro atoms. The van der Waals surface area contributed by atoms with Crippen molar-refractivity contribution < 1.29 is 28.9 Å². The van der Waals surface area contributed by atoms with E-state index in [-0.39, 0.29) is 32.7 Å². The molecule has 10 heteroatoms. The van der Waals surface area contributed by atoms with Crippen molar-refractivity contribution in [2.24, 2.45) is 0 Å². The minimum Gasteiger partial charge on any atom is -0.507 e. The number of aryl methyl sites for hydroxylation is 1. The molecule has 2 aromatic carbocycles. The third kappa shape index (κ3) is 4.11. The number of hydrogen-bond donors (Lipinski definition) is 1. The van der Waals surface area contributed by atoms with E-state index in [1.165, 1.54) is 43.6 Å². The van der Waals surface area contributed by atoms with Crippen molar-refractivity contribution in [3.63, 3.8) is 0 Å². The van der Waals surface area contributed by atoms with Crippen molar-refractivity contribution >= 4 is 57.7 Å². The van der Waals surface area contributed by atoms with Crippen molar-refractivity contribution in [1.29, 1.82) is 0 Å². The normalized spacial score (nSPS) is 17.1. The van der Waals surface area contributed by atoms with Gasteiger partial charge >= 0.3 is 0 Å². The average molecular weight is 534 g/mol. The number of thiophene rings is 1. The van der Waals surface area contributed by atoms with Crippen LogP contribution in [0.25, 0.3) is 5.76 Å². The molecule has 182 valence electrons. The third-order valence-electron chi connectivity index (χ3n) is 5.74. The highest BCUT2D eigenvalue weighted by Crippen LogP contribution is 2.49. The number of rotatable bonds is 6. The van der Waals surface area contributed by atoms with Gasteiger partial charge in [-0.15, -0.1) is 11.3 Å². The second-order valence-corrected chi connectivity index (χ2v) is 9.35. The predicted molar refractivity (Wildman–Crippen MR) is 136 cm³/mol. The molecule has 1 aliphatic rings. The van der Waals surface area contributed by atoms with Crippen LogP contribution in [0.15, 0.2) is 47.4 Å². The van der Waals surface area contributed by atoms with Gasteiger partial charge in [0.15, 0.2) is 11.5 Å². The van der Waals surface area contributed by atoms with Crippen LogP contribution in [0.5, 0.6) is 17.2 Å². The number of carbonyl (C=O) groups excluding carboxylic acids is 2. The molecule has 1 unspecified atom stereocenters. The van der Waals surface area contributed by atoms with Gasteiger partial charge in [0.25, 0.3) is 11.7 Å². The fourth-order valence-corrected chi connectivity index (χ4v) is 5.76. The Morgan fingerprint density at radius 2 is 1.66 bits per heavy atom. The molecular weight excluding hydrogens is 513 g/mol. The van der Waals surface area contributed by atoms with Crippen molar-refractivity contribution in [2.75, 3.05) is 26.2 Å². The average Bonchev–Trinajstić information content (AvgIpc) is 3.38. The van der Waals surface area contributed by atoms with E-state index in [9.17, 15) is 14.7 Å². The highest BCUT2D eigenvalue weighted by atomic mass is 35.5. The number of halogens is 2. The summed E-state index contributed by atoms with van der Waals surface area (Å²) >= 11 is 14.1. The van der Waals surface area contributed by atoms with Gasteiger partial charge in [0.2, 0.25) is 0 Å². The van der Waals surface area contributed by atoms with Crippen LogP contribution in [0.3, 0.4) is 0 Å². The monoisotopic (exact) mass is 533 g/mol. The Morgan fingerprint density at radius 3 is 2.20 bits per heavy atom. The number of aliphatic hydroxyl groups excluding tert-OH is 1. The zero-order valence-corrected chi connectivity index (χ0v) is 21.5. The first-order valence-corrected chi connectivity index (χ1v) is 12.0. The molecule has 0 aliphatic carbocycles. The Labute approximate surface area is 216 Å². The van der Waals surface area contributed by atoms with Crippen LogP contribution in [-0.4, -0.2) is 38.1 Å². The molecule has 0 bridgehead atoms. The van der Waals surface area contributed by atoms with Gasteiger partial charge in [0.1, 0.15) is 22.6 Å². The van der Waals surface area contributed by atoms with E-state index < -0.39 is 23.5 Å². The third-order valence-corrected chi connectivity index (χ3v) is 7.44. The highest BCUT2D eigenvalue weighted by Gasteiger charge is 2.48. The first-order valence-electron chi connectivity index (χ1n) is 10.3. The summed E-state index contributed by atoms with van der Waals surface area (Å²) in [4.78, 5) is 28.8. The van der Waals surface area contributed by atoms with E-state index in [4.69, 9.17) is 37.4 Å². The highest BCUT2D eigenvalue weighted by molar-refractivity contribution is 7.10. The molecule has 1 saturated heterocycles. The summed E-state index contributed by atoms with van der Waals surface area (Å²) in [5.41, 5.74) is 1.30. The van der Waals surface area contributed by atoms with E-state index >= 15 is 0 Å². The molecule has 0 radical (unpaired) electrons. The SMILES string of the molecule is COc1ccc(N2C(=O)C(=O)/C(=C(/O)c3cc(Cl)c(OC)c(Cl)c3OC)C2c2sccc2C)cc1. The number of carbonyl (C=O) groups is 2. The molecule has 1 N–H and O–H groups in total. The van der Waals surface area contributed by atoms with Gasteiger partial charge in [-0.1, -0.05) is 23.2 Å². The number of Topliss-reactive ketones (excluding diaryl/α,β-unsaturated/α-hetero) is 1. The second-order valence-electron chi connectivity index (χ2n) is 7.62. The smallest absolute Gasteiger partial charge is 0.300 e. The van der Waals surface area contributed by atoms with Crippen LogP contribution < -0.4 is 19.1 Å². The van der Waals surface area contributed by atoms with Crippen LogP contribution in [0, 0.1) is 6.92 Å². The lowest BCUT2D eigenvalue weighted by atomic mass is 9.97. The second kappa shape index (κ2) is 9.81. The number of ether oxygens (including phenoxy) is 3. The van der Waals surface area contributed by atoms with Crippen LogP contribution in [-0.2, 0) is 9.59 Å². The lowest BCUT2D eigenvalue weighted by Gasteiger charge is -2.25. The van der Waals surface area contributed by atoms with E-state index in [1.54, 1.807) is 24.3 Å². The molecule has 0 saturated carbocycles. The number of ketones is 1. The van der Waals surface area contributed by atoms with Crippen LogP contribution in [0.4, 0.5) is 5.69 Å². The van der Waals surface area contributed by atoms with Gasteiger partial charge in [-0.2, -0.15) is 0 Å². The van der Waals surface area contributed by atoms with Crippen molar-refractivity contribution in [1.82, 2.24) is 0 Å². The summed E-state index contributed by atoms with van der Waals surface area (Å²) < 4.78 is 15.9. The lowest BCUT2D eigenvalue weighted by molar-refractivity contribution is -0.132. The topological polar surface area (TPSA) is 85.3 Å². The van der Waals surface area contributed by atoms with Crippen LogP contribution in [0.1, 0.15) is 22.0 Å². The molecule has 1 atom stereocenters. The fourth-order valence-electron chi connectivity index (χ4n) is 4.05. The Balaban J connectivity index is 1.99. The van der Waals surface area contributed by atoms with Crippen molar-refractivity contribution in [2.45, 2.75) is 13.0 Å². The molecule has 3 aromatic rings. The number of benzene rings is 2. The molecule has 1 fully saturated rings. The minimum absolute atomic E-state index is 0.0253. The van der Waals surface area contributed by atoms with Gasteiger partial charge < -0.3 is 19.3 Å². The summed E-state index contributed by atoms with van der Waals surface area (Å²) in [6, 6.07) is 9.14. The summed E-state index contributed by atoms with van der Waals surface area (Å²) in [6.45, 7) is 1.88. The number of aliphatic hydroxyl groups is 1. The number of methoxy groups -OCH3 is 3. The van der Waals surface area contributed by atoms with E-state index in [0.29, 0.717) is 11.4 Å². The quantitative estimate of drug-likeness (QED) is 0.237. The minimum atomic E-state index is -0.882. The van der Waals surface area contributed by atoms with Crippen LogP contribution >= 0.6 is 34.5 Å². The van der Waals surface area contributed by atoms with Gasteiger partial charge in [-0.25, -0.2) is 0 Å². The maximum absolute atomic E-state index is 13.4. The van der Waals surface area contributed by atoms with E-state index in [1.807, 2.05) is 18.4 Å². The van der Waals surface area contributed by atoms with Crippen molar-refractivity contribution in [3.05, 3.63) is 73.4 Å². The van der Waals surface area contributed by atoms with Gasteiger partial charge in [-0.05, 0) is 54.3 Å². The Bertz CT molecular complexity index is 1350. The summed E-state index contributed by atoms with van der Waals surface area (Å²) in [5.74, 6) is -1.27. The Morgan fingerprint density at radius 1 is 1.00 bits per heavy atom. The number of hydrogen-bond acceptors (Lipinski definition) is 7. The molecular formula is C25H21Cl2NO6S. The van der Waals surface area contributed by atoms with E-state index in [0.717, 1.165) is 10.4 Å². The first-order chi connectivity index (χ1) is 16.7. The standard InChI is InChI=1S/C25H21Cl2NO6S/c1-12-9-10-35-24(12)19-17(20(29)15-11-16(26)23(34-4)18(27)22(15)33-3)21(30)25(31)28(19)13-5-7-14(32-2)8-6-13/h5-11,19,29H,1-4H3/b20-17+. The molecule has 1 aliphatic heterocycles. The zero-order chi connectivity index (χ0) is 25.4. The van der Waals surface area contributed by atoms with E-state index in [2.05, 4.69) is 0 Å². The Hall–Kier alpha value is -3.20. The number of nitrogens with zero attached hydrogens (tertiary/aromatic N) is 1. The molecule has 1 amide bonds. The molecule has 4 rings (SSSR count). The van der Waals surface area contributed by atoms with Crippen molar-refractivity contribution in [3.8, 4) is 17.2 Å². The molecule has 35 heavy (non-hydrogen) atoms. The molecule has 7 nitrogen and oxygen atoms in total. The maximum atomic E-state index is 13.4. The van der Waals surface area contributed by atoms with Gasteiger partial charge in [0.05, 0.1) is 37.5 Å². The zero-order valence-electron chi connectivity index (χ0n) is 19.2.